The Morgan fingerprint density at radius 1 is 0.929 bits per heavy atom. The second kappa shape index (κ2) is 7.45. The van der Waals surface area contributed by atoms with Gasteiger partial charge in [0.25, 0.3) is 0 Å². The first-order valence-corrected chi connectivity index (χ1v) is 9.85. The number of Topliss-reactive ketones (excluding diaryl/α,β-unsaturated/α-hetero) is 1. The number of carbonyl (C=O) groups excluding carboxylic acids is 1. The van der Waals surface area contributed by atoms with Crippen molar-refractivity contribution in [3.8, 4) is 12.1 Å². The van der Waals surface area contributed by atoms with E-state index in [9.17, 15) is 15.3 Å². The maximum atomic E-state index is 13.5. The lowest BCUT2D eigenvalue weighted by molar-refractivity contribution is -0.127. The first-order valence-electron chi connectivity index (χ1n) is 9.85. The van der Waals surface area contributed by atoms with Crippen LogP contribution in [0, 0.1) is 28.1 Å². The normalized spacial score (nSPS) is 26.6. The summed E-state index contributed by atoms with van der Waals surface area (Å²) in [7, 11) is 0. The zero-order valence-electron chi connectivity index (χ0n) is 15.8. The van der Waals surface area contributed by atoms with Crippen LogP contribution in [0.15, 0.2) is 71.8 Å². The highest BCUT2D eigenvalue weighted by Crippen LogP contribution is 2.61. The minimum Gasteiger partial charge on any atom is -0.299 e. The Labute approximate surface area is 165 Å². The van der Waals surface area contributed by atoms with E-state index in [0.29, 0.717) is 12.8 Å². The molecule has 3 atom stereocenters. The van der Waals surface area contributed by atoms with Crippen LogP contribution in [0.2, 0.25) is 0 Å². The van der Waals surface area contributed by atoms with Gasteiger partial charge in [0.15, 0.2) is 0 Å². The van der Waals surface area contributed by atoms with E-state index < -0.39 is 5.41 Å². The van der Waals surface area contributed by atoms with Gasteiger partial charge in [-0.25, -0.2) is 0 Å². The molecule has 3 nitrogen and oxygen atoms in total. The lowest BCUT2D eigenvalue weighted by atomic mass is 9.61. The fraction of sp³-hybridized carbons (Fsp3) is 0.320. The van der Waals surface area contributed by atoms with Crippen LogP contribution < -0.4 is 0 Å². The molecule has 138 valence electrons. The van der Waals surface area contributed by atoms with Crippen LogP contribution in [0.3, 0.4) is 0 Å². The minimum atomic E-state index is -0.519. The Morgan fingerprint density at radius 2 is 1.54 bits per heavy atom. The van der Waals surface area contributed by atoms with Crippen LogP contribution in [-0.4, -0.2) is 5.78 Å². The Hall–Kier alpha value is -3.17. The van der Waals surface area contributed by atoms with Gasteiger partial charge in [-0.2, -0.15) is 10.5 Å². The summed E-state index contributed by atoms with van der Waals surface area (Å²) in [5.74, 6) is 0.475. The molecule has 0 aromatic heterocycles. The molecule has 4 rings (SSSR count). The number of carbonyl (C=O) groups is 1. The molecule has 0 N–H and O–H groups in total. The van der Waals surface area contributed by atoms with E-state index >= 15 is 0 Å². The smallest absolute Gasteiger partial charge is 0.140 e. The molecule has 0 amide bonds. The Balaban J connectivity index is 1.86. The van der Waals surface area contributed by atoms with Crippen molar-refractivity contribution < 1.29 is 4.79 Å². The highest BCUT2D eigenvalue weighted by atomic mass is 16.1. The van der Waals surface area contributed by atoms with Gasteiger partial charge in [0.1, 0.15) is 23.5 Å². The van der Waals surface area contributed by atoms with Gasteiger partial charge in [-0.05, 0) is 48.3 Å². The summed E-state index contributed by atoms with van der Waals surface area (Å²) in [5.41, 5.74) is 2.91. The van der Waals surface area contributed by atoms with Crippen LogP contribution in [0.1, 0.15) is 55.1 Å². The van der Waals surface area contributed by atoms with Crippen molar-refractivity contribution in [2.75, 3.05) is 0 Å². The van der Waals surface area contributed by atoms with Gasteiger partial charge in [0.2, 0.25) is 0 Å². The van der Waals surface area contributed by atoms with Crippen molar-refractivity contribution in [2.24, 2.45) is 5.41 Å². The van der Waals surface area contributed by atoms with E-state index in [-0.39, 0.29) is 23.2 Å². The van der Waals surface area contributed by atoms with Gasteiger partial charge in [-0.3, -0.25) is 4.79 Å². The molecule has 0 radical (unpaired) electrons. The van der Waals surface area contributed by atoms with Gasteiger partial charge in [-0.1, -0.05) is 60.7 Å². The van der Waals surface area contributed by atoms with Crippen molar-refractivity contribution in [3.63, 3.8) is 0 Å². The average molecular weight is 366 g/mol. The van der Waals surface area contributed by atoms with E-state index in [2.05, 4.69) is 24.3 Å². The largest absolute Gasteiger partial charge is 0.299 e. The highest BCUT2D eigenvalue weighted by Gasteiger charge is 2.56. The summed E-state index contributed by atoms with van der Waals surface area (Å²) >= 11 is 0. The lowest BCUT2D eigenvalue weighted by Crippen LogP contribution is -2.35. The van der Waals surface area contributed by atoms with E-state index in [1.807, 2.05) is 48.5 Å². The topological polar surface area (TPSA) is 64.7 Å². The van der Waals surface area contributed by atoms with Crippen molar-refractivity contribution in [1.82, 2.24) is 0 Å². The summed E-state index contributed by atoms with van der Waals surface area (Å²) in [6.45, 7) is 0. The molecule has 2 aliphatic carbocycles. The van der Waals surface area contributed by atoms with Gasteiger partial charge in [0, 0.05) is 17.8 Å². The molecular weight excluding hydrogens is 344 g/mol. The number of nitriles is 2. The van der Waals surface area contributed by atoms with Gasteiger partial charge >= 0.3 is 0 Å². The molecule has 28 heavy (non-hydrogen) atoms. The predicted molar refractivity (Wildman–Crippen MR) is 107 cm³/mol. The predicted octanol–water partition coefficient (Wildman–Crippen LogP) is 5.43. The van der Waals surface area contributed by atoms with Gasteiger partial charge in [-0.15, -0.1) is 0 Å². The van der Waals surface area contributed by atoms with Crippen LogP contribution in [0.4, 0.5) is 0 Å². The second-order valence-electron chi connectivity index (χ2n) is 7.92. The zero-order valence-corrected chi connectivity index (χ0v) is 15.8. The molecule has 0 aliphatic heterocycles. The molecule has 1 spiro atoms. The molecule has 2 saturated carbocycles. The fourth-order valence-corrected chi connectivity index (χ4v) is 5.38. The van der Waals surface area contributed by atoms with Crippen molar-refractivity contribution >= 4 is 5.78 Å². The third-order valence-electron chi connectivity index (χ3n) is 6.55. The molecule has 2 aliphatic rings. The molecule has 3 heteroatoms. The standard InChI is InChI=1S/C25H22N2O/c26-16-21(17-27)20-12-7-13-25(15-20)23(28)14-22(18-8-3-1-4-9-18)24(25)19-10-5-2-6-11-19/h1-6,8-11,22,24H,7,12-15H2/t22-,24-,25+/m0/s1. The average Bonchev–Trinajstić information content (AvgIpc) is 3.02. The number of hydrogen-bond acceptors (Lipinski definition) is 3. The third kappa shape index (κ3) is 2.94. The molecule has 2 fully saturated rings. The fourth-order valence-electron chi connectivity index (χ4n) is 5.38. The Kier molecular flexibility index (Phi) is 4.84. The molecule has 2 aromatic rings. The van der Waals surface area contributed by atoms with Gasteiger partial charge in [0.05, 0.1) is 0 Å². The van der Waals surface area contributed by atoms with E-state index in [1.165, 1.54) is 11.1 Å². The van der Waals surface area contributed by atoms with Crippen molar-refractivity contribution in [2.45, 2.75) is 43.9 Å². The number of ketones is 1. The molecule has 0 saturated heterocycles. The van der Waals surface area contributed by atoms with Crippen LogP contribution in [0.5, 0.6) is 0 Å². The highest BCUT2D eigenvalue weighted by molar-refractivity contribution is 5.90. The summed E-state index contributed by atoms with van der Waals surface area (Å²) in [4.78, 5) is 13.5. The SMILES string of the molecule is N#CC(C#N)=C1CCC[C@@]2(C1)C(=O)C[C@@H](c1ccccc1)[C@@H]2c1ccccc1. The summed E-state index contributed by atoms with van der Waals surface area (Å²) < 4.78 is 0. The lowest BCUT2D eigenvalue weighted by Gasteiger charge is -2.40. The number of allylic oxidation sites excluding steroid dienone is 2. The Bertz CT molecular complexity index is 978. The number of nitrogens with zero attached hydrogens (tertiary/aromatic N) is 2. The molecule has 0 bridgehead atoms. The summed E-state index contributed by atoms with van der Waals surface area (Å²) in [6, 6.07) is 24.7. The molecule has 2 aromatic carbocycles. The quantitative estimate of drug-likeness (QED) is 0.666. The Morgan fingerprint density at radius 3 is 2.14 bits per heavy atom. The molecule has 0 unspecified atom stereocenters. The number of benzene rings is 2. The van der Waals surface area contributed by atoms with Crippen molar-refractivity contribution in [1.29, 1.82) is 10.5 Å². The third-order valence-corrected chi connectivity index (χ3v) is 6.55. The van der Waals surface area contributed by atoms with Crippen molar-refractivity contribution in [3.05, 3.63) is 82.9 Å². The molecular formula is C25H22N2O. The summed E-state index contributed by atoms with van der Waals surface area (Å²) in [5, 5.41) is 18.7. The van der Waals surface area contributed by atoms with Crippen LogP contribution in [-0.2, 0) is 4.79 Å². The zero-order chi connectivity index (χ0) is 19.6. The first kappa shape index (κ1) is 18.2. The second-order valence-corrected chi connectivity index (χ2v) is 7.92. The van der Waals surface area contributed by atoms with E-state index in [1.54, 1.807) is 0 Å². The van der Waals surface area contributed by atoms with E-state index in [4.69, 9.17) is 0 Å². The van der Waals surface area contributed by atoms with Crippen LogP contribution in [0.25, 0.3) is 0 Å². The number of rotatable bonds is 2. The van der Waals surface area contributed by atoms with Crippen LogP contribution >= 0.6 is 0 Å². The van der Waals surface area contributed by atoms with Gasteiger partial charge < -0.3 is 0 Å². The van der Waals surface area contributed by atoms with E-state index in [0.717, 1.165) is 24.8 Å². The number of hydrogen-bond donors (Lipinski definition) is 0. The minimum absolute atomic E-state index is 0.0672. The first-order chi connectivity index (χ1) is 13.7. The maximum absolute atomic E-state index is 13.5. The monoisotopic (exact) mass is 366 g/mol. The molecule has 0 heterocycles. The summed E-state index contributed by atoms with van der Waals surface area (Å²) in [6.07, 6.45) is 3.46. The maximum Gasteiger partial charge on any atom is 0.140 e.